The maximum Gasteiger partial charge on any atom is 0.261 e. The first-order chi connectivity index (χ1) is 11.7. The molecule has 1 atom stereocenters. The molecular formula is C19H19N3OS. The third-order valence-corrected chi connectivity index (χ3v) is 6.21. The lowest BCUT2D eigenvalue weighted by Crippen LogP contribution is -2.57. The average Bonchev–Trinajstić information content (AvgIpc) is 3.13. The number of amides is 1. The number of piperidine rings is 3. The second kappa shape index (κ2) is 6.39. The first kappa shape index (κ1) is 15.4. The van der Waals surface area contributed by atoms with Crippen molar-refractivity contribution in [2.45, 2.75) is 18.9 Å². The number of carbonyl (C=O) groups is 1. The summed E-state index contributed by atoms with van der Waals surface area (Å²) in [6, 6.07) is 13.8. The highest BCUT2D eigenvalue weighted by Gasteiger charge is 2.35. The SMILES string of the molecule is N#Cc1cccc(-c2ccc(C(=O)N[C@H]3CN4CCC3CC4)s2)c1. The zero-order valence-corrected chi connectivity index (χ0v) is 14.2. The topological polar surface area (TPSA) is 56.1 Å². The first-order valence-corrected chi connectivity index (χ1v) is 9.18. The number of carbonyl (C=O) groups excluding carboxylic acids is 1. The van der Waals surface area contributed by atoms with Crippen molar-refractivity contribution in [3.63, 3.8) is 0 Å². The molecule has 0 unspecified atom stereocenters. The Morgan fingerprint density at radius 3 is 2.79 bits per heavy atom. The van der Waals surface area contributed by atoms with Gasteiger partial charge in [-0.2, -0.15) is 5.26 Å². The van der Waals surface area contributed by atoms with E-state index in [1.165, 1.54) is 37.3 Å². The summed E-state index contributed by atoms with van der Waals surface area (Å²) < 4.78 is 0. The van der Waals surface area contributed by atoms with Gasteiger partial charge in [-0.15, -0.1) is 11.3 Å². The molecule has 1 aromatic heterocycles. The van der Waals surface area contributed by atoms with E-state index < -0.39 is 0 Å². The minimum atomic E-state index is 0.0291. The van der Waals surface area contributed by atoms with Crippen LogP contribution in [0.1, 0.15) is 28.1 Å². The van der Waals surface area contributed by atoms with Crippen molar-refractivity contribution in [3.05, 3.63) is 46.8 Å². The molecular weight excluding hydrogens is 318 g/mol. The highest BCUT2D eigenvalue weighted by atomic mass is 32.1. The van der Waals surface area contributed by atoms with Gasteiger partial charge in [-0.3, -0.25) is 4.79 Å². The molecule has 24 heavy (non-hydrogen) atoms. The van der Waals surface area contributed by atoms with E-state index in [2.05, 4.69) is 16.3 Å². The highest BCUT2D eigenvalue weighted by Crippen LogP contribution is 2.30. The van der Waals surface area contributed by atoms with Crippen LogP contribution in [0.15, 0.2) is 36.4 Å². The minimum Gasteiger partial charge on any atom is -0.347 e. The van der Waals surface area contributed by atoms with Crippen LogP contribution in [0.5, 0.6) is 0 Å². The van der Waals surface area contributed by atoms with Gasteiger partial charge in [0.15, 0.2) is 0 Å². The van der Waals surface area contributed by atoms with E-state index in [1.807, 2.05) is 30.3 Å². The van der Waals surface area contributed by atoms with Gasteiger partial charge in [-0.25, -0.2) is 0 Å². The van der Waals surface area contributed by atoms with Gasteiger partial charge >= 0.3 is 0 Å². The molecule has 4 nitrogen and oxygen atoms in total. The average molecular weight is 337 g/mol. The molecule has 2 aromatic rings. The quantitative estimate of drug-likeness (QED) is 0.936. The molecule has 3 saturated heterocycles. The van der Waals surface area contributed by atoms with Crippen LogP contribution in [-0.2, 0) is 0 Å². The molecule has 3 aliphatic heterocycles. The highest BCUT2D eigenvalue weighted by molar-refractivity contribution is 7.17. The van der Waals surface area contributed by atoms with Crippen LogP contribution in [0.4, 0.5) is 0 Å². The lowest BCUT2D eigenvalue weighted by molar-refractivity contribution is 0.0622. The molecule has 0 spiro atoms. The summed E-state index contributed by atoms with van der Waals surface area (Å²) in [5.41, 5.74) is 1.63. The van der Waals surface area contributed by atoms with Crippen molar-refractivity contribution >= 4 is 17.2 Å². The maximum absolute atomic E-state index is 12.6. The summed E-state index contributed by atoms with van der Waals surface area (Å²) in [6.07, 6.45) is 2.39. The number of fused-ring (bicyclic) bond motifs is 3. The van der Waals surface area contributed by atoms with Crippen LogP contribution >= 0.6 is 11.3 Å². The van der Waals surface area contributed by atoms with Crippen molar-refractivity contribution in [2.75, 3.05) is 19.6 Å². The maximum atomic E-state index is 12.6. The zero-order valence-electron chi connectivity index (χ0n) is 13.4. The van der Waals surface area contributed by atoms with E-state index in [0.717, 1.165) is 21.9 Å². The summed E-state index contributed by atoms with van der Waals surface area (Å²) >= 11 is 1.49. The fraction of sp³-hybridized carbons (Fsp3) is 0.368. The van der Waals surface area contributed by atoms with Crippen molar-refractivity contribution < 1.29 is 4.79 Å². The number of nitrogens with zero attached hydrogens (tertiary/aromatic N) is 2. The van der Waals surface area contributed by atoms with Gasteiger partial charge in [0.2, 0.25) is 0 Å². The van der Waals surface area contributed by atoms with E-state index in [4.69, 9.17) is 5.26 Å². The van der Waals surface area contributed by atoms with Gasteiger partial charge < -0.3 is 10.2 Å². The van der Waals surface area contributed by atoms with Crippen LogP contribution in [-0.4, -0.2) is 36.5 Å². The molecule has 0 saturated carbocycles. The molecule has 2 bridgehead atoms. The van der Waals surface area contributed by atoms with Gasteiger partial charge in [0.25, 0.3) is 5.91 Å². The Morgan fingerprint density at radius 2 is 2.08 bits per heavy atom. The first-order valence-electron chi connectivity index (χ1n) is 8.36. The monoisotopic (exact) mass is 337 g/mol. The third-order valence-electron chi connectivity index (χ3n) is 5.08. The standard InChI is InChI=1S/C19H19N3OS/c20-11-13-2-1-3-15(10-13)17-4-5-18(24-17)19(23)21-16-12-22-8-6-14(16)7-9-22/h1-5,10,14,16H,6-9,12H2,(H,21,23)/t16-/m0/s1. The Hall–Kier alpha value is -2.16. The van der Waals surface area contributed by atoms with Gasteiger partial charge in [0.05, 0.1) is 16.5 Å². The van der Waals surface area contributed by atoms with Crippen molar-refractivity contribution in [3.8, 4) is 16.5 Å². The molecule has 5 rings (SSSR count). The summed E-state index contributed by atoms with van der Waals surface area (Å²) in [7, 11) is 0. The Labute approximate surface area is 145 Å². The third kappa shape index (κ3) is 2.95. The predicted octanol–water partition coefficient (Wildman–Crippen LogP) is 3.11. The number of rotatable bonds is 3. The number of hydrogen-bond acceptors (Lipinski definition) is 4. The van der Waals surface area contributed by atoms with Crippen LogP contribution < -0.4 is 5.32 Å². The summed E-state index contributed by atoms with van der Waals surface area (Å²) in [4.78, 5) is 16.8. The second-order valence-corrected chi connectivity index (χ2v) is 7.66. The van der Waals surface area contributed by atoms with Crippen LogP contribution in [0.2, 0.25) is 0 Å². The van der Waals surface area contributed by atoms with E-state index in [9.17, 15) is 4.79 Å². The number of thiophene rings is 1. The molecule has 0 aliphatic carbocycles. The largest absolute Gasteiger partial charge is 0.347 e. The number of hydrogen-bond donors (Lipinski definition) is 1. The molecule has 4 heterocycles. The van der Waals surface area contributed by atoms with Crippen LogP contribution in [0, 0.1) is 17.2 Å². The Balaban J connectivity index is 1.48. The predicted molar refractivity (Wildman–Crippen MR) is 94.9 cm³/mol. The Bertz CT molecular complexity index is 799. The van der Waals surface area contributed by atoms with Crippen molar-refractivity contribution in [2.24, 2.45) is 5.92 Å². The van der Waals surface area contributed by atoms with E-state index >= 15 is 0 Å². The summed E-state index contributed by atoms with van der Waals surface area (Å²) in [6.45, 7) is 3.34. The molecule has 0 radical (unpaired) electrons. The molecule has 5 heteroatoms. The lowest BCUT2D eigenvalue weighted by atomic mass is 9.84. The van der Waals surface area contributed by atoms with E-state index in [1.54, 1.807) is 6.07 Å². The van der Waals surface area contributed by atoms with Crippen molar-refractivity contribution in [1.82, 2.24) is 10.2 Å². The van der Waals surface area contributed by atoms with E-state index in [0.29, 0.717) is 11.5 Å². The number of nitriles is 1. The Morgan fingerprint density at radius 1 is 1.25 bits per heavy atom. The van der Waals surface area contributed by atoms with Gasteiger partial charge in [-0.05, 0) is 61.7 Å². The normalized spacial score (nSPS) is 25.2. The Kier molecular flexibility index (Phi) is 4.09. The van der Waals surface area contributed by atoms with Crippen LogP contribution in [0.3, 0.4) is 0 Å². The van der Waals surface area contributed by atoms with Gasteiger partial charge in [0.1, 0.15) is 0 Å². The number of nitrogens with one attached hydrogen (secondary N) is 1. The molecule has 3 aliphatic rings. The minimum absolute atomic E-state index is 0.0291. The van der Waals surface area contributed by atoms with Gasteiger partial charge in [0, 0.05) is 17.5 Å². The number of benzene rings is 1. The fourth-order valence-electron chi connectivity index (χ4n) is 3.73. The second-order valence-electron chi connectivity index (χ2n) is 6.57. The molecule has 122 valence electrons. The van der Waals surface area contributed by atoms with Crippen LogP contribution in [0.25, 0.3) is 10.4 Å². The molecule has 1 amide bonds. The van der Waals surface area contributed by atoms with E-state index in [-0.39, 0.29) is 11.9 Å². The lowest BCUT2D eigenvalue weighted by Gasteiger charge is -2.44. The smallest absolute Gasteiger partial charge is 0.261 e. The van der Waals surface area contributed by atoms with Crippen molar-refractivity contribution in [1.29, 1.82) is 5.26 Å². The molecule has 3 fully saturated rings. The fourth-order valence-corrected chi connectivity index (χ4v) is 4.63. The zero-order chi connectivity index (χ0) is 16.5. The summed E-state index contributed by atoms with van der Waals surface area (Å²) in [5, 5.41) is 12.3. The molecule has 1 N–H and O–H groups in total. The van der Waals surface area contributed by atoms with Gasteiger partial charge in [-0.1, -0.05) is 12.1 Å². The molecule has 1 aromatic carbocycles. The summed E-state index contributed by atoms with van der Waals surface area (Å²) in [5.74, 6) is 0.659.